The first-order valence-corrected chi connectivity index (χ1v) is 9.50. The van der Waals surface area contributed by atoms with Crippen LogP contribution in [-0.2, 0) is 9.47 Å². The molecule has 0 bridgehead atoms. The normalized spacial score (nSPS) is 17.3. The zero-order valence-electron chi connectivity index (χ0n) is 16.4. The van der Waals surface area contributed by atoms with Crippen LogP contribution in [0, 0.1) is 0 Å². The number of likely N-dealkylation sites (tertiary alicyclic amines) is 1. The van der Waals surface area contributed by atoms with Crippen LogP contribution in [0.2, 0.25) is 5.02 Å². The molecule has 6 nitrogen and oxygen atoms in total. The lowest BCUT2D eigenvalue weighted by atomic mass is 10.1. The average Bonchev–Trinajstić information content (AvgIpc) is 2.67. The van der Waals surface area contributed by atoms with Crippen LogP contribution < -0.4 is 10.6 Å². The van der Waals surface area contributed by atoms with Crippen molar-refractivity contribution in [1.82, 2.24) is 15.5 Å². The topological polar surface area (TPSA) is 58.1 Å². The van der Waals surface area contributed by atoms with E-state index in [1.54, 1.807) is 21.3 Å². The van der Waals surface area contributed by atoms with Crippen LogP contribution in [-0.4, -0.2) is 71.0 Å². The molecule has 0 amide bonds. The molecule has 1 unspecified atom stereocenters. The van der Waals surface area contributed by atoms with Crippen molar-refractivity contribution in [3.05, 3.63) is 34.9 Å². The van der Waals surface area contributed by atoms with Gasteiger partial charge < -0.3 is 25.0 Å². The number of hydrogen-bond acceptors (Lipinski definition) is 4. The Morgan fingerprint density at radius 3 is 2.67 bits per heavy atom. The van der Waals surface area contributed by atoms with E-state index in [2.05, 4.69) is 20.5 Å². The van der Waals surface area contributed by atoms with E-state index in [4.69, 9.17) is 21.1 Å². The van der Waals surface area contributed by atoms with Crippen molar-refractivity contribution in [3.63, 3.8) is 0 Å². The van der Waals surface area contributed by atoms with Gasteiger partial charge in [0.15, 0.2) is 5.96 Å². The Morgan fingerprint density at radius 2 is 2.07 bits per heavy atom. The van der Waals surface area contributed by atoms with Crippen LogP contribution in [0.15, 0.2) is 29.3 Å². The summed E-state index contributed by atoms with van der Waals surface area (Å²) in [5.74, 6) is 0.810. The number of halogens is 2. The van der Waals surface area contributed by atoms with Crippen molar-refractivity contribution in [2.45, 2.75) is 25.0 Å². The molecule has 2 rings (SSSR count). The van der Waals surface area contributed by atoms with Crippen LogP contribution in [0.4, 0.5) is 0 Å². The van der Waals surface area contributed by atoms with Gasteiger partial charge in [0.05, 0.1) is 12.7 Å². The molecule has 1 aliphatic rings. The predicted octanol–water partition coefficient (Wildman–Crippen LogP) is 2.92. The van der Waals surface area contributed by atoms with Gasteiger partial charge in [-0.25, -0.2) is 0 Å². The van der Waals surface area contributed by atoms with E-state index in [9.17, 15) is 0 Å². The summed E-state index contributed by atoms with van der Waals surface area (Å²) in [6, 6.07) is 8.20. The molecule has 0 aromatic heterocycles. The van der Waals surface area contributed by atoms with E-state index >= 15 is 0 Å². The maximum atomic E-state index is 6.08. The largest absolute Gasteiger partial charge is 0.383 e. The highest BCUT2D eigenvalue weighted by Crippen LogP contribution is 2.19. The van der Waals surface area contributed by atoms with Gasteiger partial charge in [0.1, 0.15) is 0 Å². The lowest BCUT2D eigenvalue weighted by molar-refractivity contribution is 0.106. The second-order valence-corrected chi connectivity index (χ2v) is 6.92. The molecule has 1 saturated heterocycles. The van der Waals surface area contributed by atoms with Gasteiger partial charge >= 0.3 is 0 Å². The lowest BCUT2D eigenvalue weighted by Gasteiger charge is -2.33. The monoisotopic (exact) mass is 510 g/mol. The van der Waals surface area contributed by atoms with Gasteiger partial charge in [-0.05, 0) is 30.5 Å². The third kappa shape index (κ3) is 8.51. The van der Waals surface area contributed by atoms with Gasteiger partial charge in [-0.3, -0.25) is 4.99 Å². The number of hydrogen-bond donors (Lipinski definition) is 2. The molecule has 0 aliphatic carbocycles. The number of aliphatic imine (C=N–C) groups is 1. The minimum Gasteiger partial charge on any atom is -0.383 e. The first kappa shape index (κ1) is 24.4. The second kappa shape index (κ2) is 13.5. The molecule has 1 fully saturated rings. The fraction of sp³-hybridized carbons (Fsp3) is 0.632. The van der Waals surface area contributed by atoms with E-state index in [1.807, 2.05) is 24.3 Å². The molecule has 0 spiro atoms. The first-order valence-electron chi connectivity index (χ1n) is 9.13. The number of nitrogens with zero attached hydrogens (tertiary/aromatic N) is 2. The molecular weight excluding hydrogens is 479 g/mol. The molecule has 8 heteroatoms. The second-order valence-electron chi connectivity index (χ2n) is 6.49. The summed E-state index contributed by atoms with van der Waals surface area (Å²) in [6.45, 7) is 4.60. The zero-order chi connectivity index (χ0) is 18.8. The number of benzene rings is 1. The Labute approximate surface area is 185 Å². The van der Waals surface area contributed by atoms with Crippen molar-refractivity contribution in [1.29, 1.82) is 0 Å². The third-order valence-corrected chi connectivity index (χ3v) is 4.96. The Bertz CT molecular complexity index is 568. The van der Waals surface area contributed by atoms with E-state index < -0.39 is 0 Å². The van der Waals surface area contributed by atoms with Crippen LogP contribution >= 0.6 is 35.6 Å². The van der Waals surface area contributed by atoms with Gasteiger partial charge in [-0.1, -0.05) is 23.7 Å². The zero-order valence-corrected chi connectivity index (χ0v) is 19.5. The fourth-order valence-electron chi connectivity index (χ4n) is 3.14. The molecule has 0 radical (unpaired) electrons. The Balaban J connectivity index is 0.00000364. The summed E-state index contributed by atoms with van der Waals surface area (Å²) in [5.41, 5.74) is 1.05. The summed E-state index contributed by atoms with van der Waals surface area (Å²) in [4.78, 5) is 6.79. The standard InChI is InChI=1S/C19H31ClN4O2.HI/c1-21-19(23-17-7-9-24(10-8-17)11-12-25-2)22-14-18(26-3)15-5-4-6-16(20)13-15;/h4-6,13,17-18H,7-12,14H2,1-3H3,(H2,21,22,23);1H. The summed E-state index contributed by atoms with van der Waals surface area (Å²) in [5, 5.41) is 7.61. The van der Waals surface area contributed by atoms with Crippen molar-refractivity contribution in [2.75, 3.05) is 54.1 Å². The maximum absolute atomic E-state index is 6.08. The van der Waals surface area contributed by atoms with Crippen molar-refractivity contribution >= 4 is 41.5 Å². The highest BCUT2D eigenvalue weighted by Gasteiger charge is 2.20. The fourth-order valence-corrected chi connectivity index (χ4v) is 3.34. The van der Waals surface area contributed by atoms with Crippen molar-refractivity contribution < 1.29 is 9.47 Å². The Morgan fingerprint density at radius 1 is 1.33 bits per heavy atom. The molecule has 0 saturated carbocycles. The minimum atomic E-state index is -0.0804. The summed E-state index contributed by atoms with van der Waals surface area (Å²) in [7, 11) is 5.25. The van der Waals surface area contributed by atoms with E-state index in [0.29, 0.717) is 17.6 Å². The predicted molar refractivity (Wildman–Crippen MR) is 122 cm³/mol. The maximum Gasteiger partial charge on any atom is 0.191 e. The average molecular weight is 511 g/mol. The lowest BCUT2D eigenvalue weighted by Crippen LogP contribution is -2.49. The number of piperidine rings is 1. The molecule has 2 N–H and O–H groups in total. The van der Waals surface area contributed by atoms with Crippen LogP contribution in [0.1, 0.15) is 24.5 Å². The van der Waals surface area contributed by atoms with E-state index in [0.717, 1.165) is 50.6 Å². The van der Waals surface area contributed by atoms with Gasteiger partial charge in [-0.2, -0.15) is 0 Å². The smallest absolute Gasteiger partial charge is 0.191 e. The molecule has 1 atom stereocenters. The molecule has 27 heavy (non-hydrogen) atoms. The number of nitrogens with one attached hydrogen (secondary N) is 2. The minimum absolute atomic E-state index is 0. The summed E-state index contributed by atoms with van der Waals surface area (Å²) in [6.07, 6.45) is 2.13. The van der Waals surface area contributed by atoms with Crippen LogP contribution in [0.5, 0.6) is 0 Å². The molecule has 154 valence electrons. The molecule has 1 aromatic carbocycles. The number of guanidine groups is 1. The summed E-state index contributed by atoms with van der Waals surface area (Å²) >= 11 is 6.08. The van der Waals surface area contributed by atoms with Crippen LogP contribution in [0.3, 0.4) is 0 Å². The molecular formula is C19H32ClIN4O2. The number of rotatable bonds is 8. The highest BCUT2D eigenvalue weighted by molar-refractivity contribution is 14.0. The summed E-state index contributed by atoms with van der Waals surface area (Å²) < 4.78 is 10.8. The molecule has 1 aliphatic heterocycles. The highest BCUT2D eigenvalue weighted by atomic mass is 127. The third-order valence-electron chi connectivity index (χ3n) is 4.72. The Hall–Kier alpha value is -0.610. The molecule has 1 aromatic rings. The Kier molecular flexibility index (Phi) is 12.3. The van der Waals surface area contributed by atoms with E-state index in [1.165, 1.54) is 0 Å². The first-order chi connectivity index (χ1) is 12.7. The quantitative estimate of drug-likeness (QED) is 0.320. The number of ether oxygens (including phenoxy) is 2. The van der Waals surface area contributed by atoms with Gasteiger partial charge in [0, 0.05) is 58.5 Å². The van der Waals surface area contributed by atoms with Crippen molar-refractivity contribution in [2.24, 2.45) is 4.99 Å². The van der Waals surface area contributed by atoms with Gasteiger partial charge in [0.2, 0.25) is 0 Å². The van der Waals surface area contributed by atoms with Gasteiger partial charge in [0.25, 0.3) is 0 Å². The van der Waals surface area contributed by atoms with Crippen molar-refractivity contribution in [3.8, 4) is 0 Å². The van der Waals surface area contributed by atoms with Crippen LogP contribution in [0.25, 0.3) is 0 Å². The SMILES string of the molecule is CN=C(NCC(OC)c1cccc(Cl)c1)NC1CCN(CCOC)CC1.I. The van der Waals surface area contributed by atoms with E-state index in [-0.39, 0.29) is 30.1 Å². The van der Waals surface area contributed by atoms with Gasteiger partial charge in [-0.15, -0.1) is 24.0 Å². The number of methoxy groups -OCH3 is 2. The molecule has 1 heterocycles.